The van der Waals surface area contributed by atoms with Crippen molar-refractivity contribution >= 4 is 34.5 Å². The van der Waals surface area contributed by atoms with Crippen LogP contribution >= 0.6 is 11.6 Å². The van der Waals surface area contributed by atoms with Crippen LogP contribution in [0.5, 0.6) is 0 Å². The Morgan fingerprint density at radius 3 is 2.11 bits per heavy atom. The summed E-state index contributed by atoms with van der Waals surface area (Å²) in [6.07, 6.45) is -5.30. The zero-order valence-corrected chi connectivity index (χ0v) is 13.9. The Morgan fingerprint density at radius 2 is 1.63 bits per heavy atom. The highest BCUT2D eigenvalue weighted by Crippen LogP contribution is 2.28. The summed E-state index contributed by atoms with van der Waals surface area (Å²) >= 11 is 5.67. The number of ketones is 1. The van der Waals surface area contributed by atoms with Gasteiger partial charge >= 0.3 is 6.18 Å². The SMILES string of the molecule is O=C(C(N=Nc1ccc([N+](=O)[O-])cc1)=C(O)c1ccc(Cl)cc1)C(F)(F)F. The van der Waals surface area contributed by atoms with Crippen LogP contribution in [0.25, 0.3) is 5.76 Å². The maximum absolute atomic E-state index is 12.8. The minimum absolute atomic E-state index is 0.0584. The predicted molar refractivity (Wildman–Crippen MR) is 89.7 cm³/mol. The summed E-state index contributed by atoms with van der Waals surface area (Å²) < 4.78 is 38.4. The van der Waals surface area contributed by atoms with E-state index in [1.165, 1.54) is 24.3 Å². The van der Waals surface area contributed by atoms with Crippen LogP contribution in [0.2, 0.25) is 5.02 Å². The summed E-state index contributed by atoms with van der Waals surface area (Å²) in [5.41, 5.74) is -1.78. The van der Waals surface area contributed by atoms with Crippen molar-refractivity contribution in [3.63, 3.8) is 0 Å². The van der Waals surface area contributed by atoms with Crippen molar-refractivity contribution in [3.05, 3.63) is 74.9 Å². The Labute approximate surface area is 154 Å². The topological polar surface area (TPSA) is 105 Å². The summed E-state index contributed by atoms with van der Waals surface area (Å²) in [4.78, 5) is 21.5. The number of carbonyl (C=O) groups is 1. The van der Waals surface area contributed by atoms with Crippen molar-refractivity contribution in [2.24, 2.45) is 10.2 Å². The lowest BCUT2D eigenvalue weighted by molar-refractivity contribution is -0.384. The normalized spacial score (nSPS) is 12.7. The van der Waals surface area contributed by atoms with Gasteiger partial charge in [0.1, 0.15) is 0 Å². The molecule has 0 aliphatic carbocycles. The summed E-state index contributed by atoms with van der Waals surface area (Å²) in [5, 5.41) is 27.6. The maximum atomic E-state index is 12.8. The number of nitrogens with zero attached hydrogens (tertiary/aromatic N) is 3. The van der Waals surface area contributed by atoms with Crippen LogP contribution in [0.4, 0.5) is 24.5 Å². The van der Waals surface area contributed by atoms with Gasteiger partial charge < -0.3 is 5.11 Å². The van der Waals surface area contributed by atoms with Gasteiger partial charge in [0.05, 0.1) is 10.6 Å². The third-order valence-corrected chi connectivity index (χ3v) is 3.39. The third-order valence-electron chi connectivity index (χ3n) is 3.14. The van der Waals surface area contributed by atoms with Gasteiger partial charge in [-0.25, -0.2) is 0 Å². The number of rotatable bonds is 5. The van der Waals surface area contributed by atoms with E-state index in [4.69, 9.17) is 11.6 Å². The van der Waals surface area contributed by atoms with Gasteiger partial charge in [0, 0.05) is 22.7 Å². The molecule has 11 heteroatoms. The standard InChI is InChI=1S/C16H9ClF3N3O4/c17-10-3-1-9(2-4-10)14(24)13(15(25)16(18,19)20)22-21-11-5-7-12(8-6-11)23(26)27/h1-8,24H. The molecular formula is C16H9ClF3N3O4. The highest BCUT2D eigenvalue weighted by molar-refractivity contribution is 6.30. The monoisotopic (exact) mass is 399 g/mol. The van der Waals surface area contributed by atoms with Gasteiger partial charge in [-0.2, -0.15) is 18.3 Å². The van der Waals surface area contributed by atoms with Crippen LogP contribution < -0.4 is 0 Å². The molecule has 27 heavy (non-hydrogen) atoms. The molecule has 0 atom stereocenters. The first kappa shape index (κ1) is 20.0. The molecular weight excluding hydrogens is 391 g/mol. The van der Waals surface area contributed by atoms with Crippen molar-refractivity contribution in [1.82, 2.24) is 0 Å². The molecule has 0 heterocycles. The van der Waals surface area contributed by atoms with E-state index in [2.05, 4.69) is 10.2 Å². The molecule has 2 rings (SSSR count). The van der Waals surface area contributed by atoms with E-state index in [0.717, 1.165) is 24.3 Å². The van der Waals surface area contributed by atoms with Gasteiger partial charge in [-0.05, 0) is 36.4 Å². The molecule has 7 nitrogen and oxygen atoms in total. The van der Waals surface area contributed by atoms with Crippen LogP contribution in [0, 0.1) is 10.1 Å². The fraction of sp³-hybridized carbons (Fsp3) is 0.0625. The lowest BCUT2D eigenvalue weighted by Crippen LogP contribution is -2.24. The van der Waals surface area contributed by atoms with Crippen LogP contribution in [-0.2, 0) is 4.79 Å². The lowest BCUT2D eigenvalue weighted by atomic mass is 10.1. The molecule has 0 saturated heterocycles. The Balaban J connectivity index is 2.46. The first-order valence-electron chi connectivity index (χ1n) is 7.06. The van der Waals surface area contributed by atoms with Crippen LogP contribution in [-0.4, -0.2) is 22.0 Å². The Kier molecular flexibility index (Phi) is 5.91. The number of nitro groups is 1. The van der Waals surface area contributed by atoms with E-state index in [9.17, 15) is 33.2 Å². The summed E-state index contributed by atoms with van der Waals surface area (Å²) in [7, 11) is 0. The second kappa shape index (κ2) is 7.96. The summed E-state index contributed by atoms with van der Waals surface area (Å²) in [6, 6.07) is 9.36. The van der Waals surface area contributed by atoms with Crippen molar-refractivity contribution in [2.75, 3.05) is 0 Å². The first-order chi connectivity index (χ1) is 12.6. The zero-order valence-electron chi connectivity index (χ0n) is 13.1. The van der Waals surface area contributed by atoms with Gasteiger partial charge in [0.25, 0.3) is 11.5 Å². The fourth-order valence-corrected chi connectivity index (χ4v) is 1.95. The third kappa shape index (κ3) is 5.11. The summed E-state index contributed by atoms with van der Waals surface area (Å²) in [5.74, 6) is -3.44. The molecule has 0 saturated carbocycles. The number of non-ortho nitro benzene ring substituents is 1. The number of allylic oxidation sites excluding steroid dienone is 1. The molecule has 0 aliphatic rings. The van der Waals surface area contributed by atoms with Crippen LogP contribution in [0.1, 0.15) is 5.56 Å². The number of nitro benzene ring substituents is 1. The number of carbonyl (C=O) groups excluding carboxylic acids is 1. The van der Waals surface area contributed by atoms with Crippen LogP contribution in [0.3, 0.4) is 0 Å². The molecule has 0 radical (unpaired) electrons. The number of alkyl halides is 3. The molecule has 0 unspecified atom stereocenters. The van der Waals surface area contributed by atoms with Gasteiger partial charge in [0.2, 0.25) is 0 Å². The number of hydrogen-bond acceptors (Lipinski definition) is 6. The van der Waals surface area contributed by atoms with Crippen molar-refractivity contribution in [1.29, 1.82) is 0 Å². The molecule has 2 aromatic rings. The number of Topliss-reactive ketones (excluding diaryl/α,β-unsaturated/α-hetero) is 1. The highest BCUT2D eigenvalue weighted by atomic mass is 35.5. The first-order valence-corrected chi connectivity index (χ1v) is 7.44. The largest absolute Gasteiger partial charge is 0.505 e. The zero-order chi connectivity index (χ0) is 20.2. The van der Waals surface area contributed by atoms with E-state index in [1.54, 1.807) is 0 Å². The fourth-order valence-electron chi connectivity index (χ4n) is 1.83. The molecule has 0 spiro atoms. The van der Waals surface area contributed by atoms with Gasteiger partial charge in [0.15, 0.2) is 11.5 Å². The molecule has 0 fully saturated rings. The quantitative estimate of drug-likeness (QED) is 0.239. The van der Waals surface area contributed by atoms with E-state index >= 15 is 0 Å². The molecule has 0 aromatic heterocycles. The average molecular weight is 400 g/mol. The lowest BCUT2D eigenvalue weighted by Gasteiger charge is -2.08. The number of halogens is 4. The van der Waals surface area contributed by atoms with Crippen molar-refractivity contribution < 1.29 is 28.0 Å². The van der Waals surface area contributed by atoms with Crippen LogP contribution in [0.15, 0.2) is 64.5 Å². The average Bonchev–Trinajstić information content (AvgIpc) is 2.61. The Hall–Kier alpha value is -3.27. The Morgan fingerprint density at radius 1 is 1.07 bits per heavy atom. The number of azo groups is 1. The minimum atomic E-state index is -5.30. The number of benzene rings is 2. The second-order valence-corrected chi connectivity index (χ2v) is 5.44. The summed E-state index contributed by atoms with van der Waals surface area (Å²) in [6.45, 7) is 0. The number of aliphatic hydroxyl groups is 1. The molecule has 2 aromatic carbocycles. The Bertz CT molecular complexity index is 923. The van der Waals surface area contributed by atoms with E-state index in [-0.39, 0.29) is 22.0 Å². The highest BCUT2D eigenvalue weighted by Gasteiger charge is 2.43. The van der Waals surface area contributed by atoms with Gasteiger partial charge in [-0.3, -0.25) is 14.9 Å². The molecule has 140 valence electrons. The van der Waals surface area contributed by atoms with E-state index in [0.29, 0.717) is 0 Å². The van der Waals surface area contributed by atoms with Crippen molar-refractivity contribution in [3.8, 4) is 0 Å². The minimum Gasteiger partial charge on any atom is -0.505 e. The van der Waals surface area contributed by atoms with Gasteiger partial charge in [-0.15, -0.1) is 5.11 Å². The molecule has 1 N–H and O–H groups in total. The maximum Gasteiger partial charge on any atom is 0.456 e. The molecule has 0 bridgehead atoms. The smallest absolute Gasteiger partial charge is 0.456 e. The van der Waals surface area contributed by atoms with E-state index < -0.39 is 28.3 Å². The number of aliphatic hydroxyl groups excluding tert-OH is 1. The van der Waals surface area contributed by atoms with E-state index in [1.807, 2.05) is 0 Å². The predicted octanol–water partition coefficient (Wildman–Crippen LogP) is 5.39. The van der Waals surface area contributed by atoms with Gasteiger partial charge in [-0.1, -0.05) is 11.6 Å². The molecule has 0 amide bonds. The van der Waals surface area contributed by atoms with Crippen molar-refractivity contribution in [2.45, 2.75) is 6.18 Å². The molecule has 0 aliphatic heterocycles. The number of hydrogen-bond donors (Lipinski definition) is 1. The second-order valence-electron chi connectivity index (χ2n) is 5.00.